The van der Waals surface area contributed by atoms with E-state index >= 15 is 0 Å². The minimum absolute atomic E-state index is 0.0492. The van der Waals surface area contributed by atoms with E-state index in [-0.39, 0.29) is 24.9 Å². The summed E-state index contributed by atoms with van der Waals surface area (Å²) < 4.78 is 7.24. The number of nitrogens with one attached hydrogen (secondary N) is 2. The molecule has 0 aromatic carbocycles. The molecule has 3 rings (SSSR count). The molecule has 2 aliphatic rings. The van der Waals surface area contributed by atoms with Crippen molar-refractivity contribution in [2.75, 3.05) is 7.05 Å². The first kappa shape index (κ1) is 16.3. The maximum atomic E-state index is 11.8. The van der Waals surface area contributed by atoms with E-state index in [1.54, 1.807) is 10.9 Å². The third-order valence-corrected chi connectivity index (χ3v) is 4.10. The van der Waals surface area contributed by atoms with Gasteiger partial charge in [0.2, 0.25) is 5.91 Å². The van der Waals surface area contributed by atoms with Crippen LogP contribution < -0.4 is 10.6 Å². The molecule has 4 atom stereocenters. The van der Waals surface area contributed by atoms with E-state index in [2.05, 4.69) is 20.9 Å². The van der Waals surface area contributed by atoms with Crippen LogP contribution >= 0.6 is 0 Å². The smallest absolute Gasteiger partial charge is 0.222 e. The molecule has 1 aromatic heterocycles. The van der Waals surface area contributed by atoms with Crippen LogP contribution in [0.3, 0.4) is 0 Å². The molecule has 23 heavy (non-hydrogen) atoms. The molecule has 2 fully saturated rings. The van der Waals surface area contributed by atoms with Crippen LogP contribution in [-0.2, 0) is 22.6 Å². The quantitative estimate of drug-likeness (QED) is 0.464. The lowest BCUT2D eigenvalue weighted by molar-refractivity contribution is -0.125. The Kier molecular flexibility index (Phi) is 4.90. The molecule has 1 amide bonds. The fraction of sp³-hybridized carbons (Fsp3) is 0.786. The Morgan fingerprint density at radius 2 is 2.13 bits per heavy atom. The van der Waals surface area contributed by atoms with Crippen LogP contribution in [0, 0.1) is 0 Å². The van der Waals surface area contributed by atoms with Crippen LogP contribution in [0.4, 0.5) is 0 Å². The SMILES string of the molecule is CNCc1cn(CC2OC(CC(=O)NC3CC3)C(O)C2O)nn1. The van der Waals surface area contributed by atoms with Crippen LogP contribution in [0.25, 0.3) is 0 Å². The first-order valence-corrected chi connectivity index (χ1v) is 7.91. The number of carbonyl (C=O) groups is 1. The van der Waals surface area contributed by atoms with Gasteiger partial charge in [0.05, 0.1) is 24.8 Å². The molecule has 1 aliphatic carbocycles. The number of rotatable bonds is 7. The first-order chi connectivity index (χ1) is 11.1. The van der Waals surface area contributed by atoms with Gasteiger partial charge in [-0.25, -0.2) is 4.68 Å². The molecule has 2 heterocycles. The van der Waals surface area contributed by atoms with Gasteiger partial charge in [0.15, 0.2) is 0 Å². The Balaban J connectivity index is 1.54. The second-order valence-corrected chi connectivity index (χ2v) is 6.20. The molecule has 4 unspecified atom stereocenters. The van der Waals surface area contributed by atoms with Gasteiger partial charge in [-0.3, -0.25) is 4.79 Å². The number of hydrogen-bond acceptors (Lipinski definition) is 7. The van der Waals surface area contributed by atoms with E-state index in [1.807, 2.05) is 7.05 Å². The topological polar surface area (TPSA) is 122 Å². The zero-order valence-corrected chi connectivity index (χ0v) is 13.1. The number of hydrogen-bond donors (Lipinski definition) is 4. The van der Waals surface area contributed by atoms with Gasteiger partial charge in [-0.15, -0.1) is 5.10 Å². The van der Waals surface area contributed by atoms with Crippen molar-refractivity contribution in [3.8, 4) is 0 Å². The van der Waals surface area contributed by atoms with Crippen molar-refractivity contribution in [1.82, 2.24) is 25.6 Å². The van der Waals surface area contributed by atoms with E-state index in [1.165, 1.54) is 0 Å². The number of carbonyl (C=O) groups excluding carboxylic acids is 1. The summed E-state index contributed by atoms with van der Waals surface area (Å²) in [4.78, 5) is 11.8. The van der Waals surface area contributed by atoms with E-state index in [0.717, 1.165) is 18.5 Å². The fourth-order valence-electron chi connectivity index (χ4n) is 2.72. The zero-order chi connectivity index (χ0) is 16.4. The number of aliphatic hydroxyl groups excluding tert-OH is 2. The summed E-state index contributed by atoms with van der Waals surface area (Å²) in [6.07, 6.45) is 0.371. The first-order valence-electron chi connectivity index (χ1n) is 7.91. The average molecular weight is 325 g/mol. The molecule has 0 radical (unpaired) electrons. The third-order valence-electron chi connectivity index (χ3n) is 4.10. The summed E-state index contributed by atoms with van der Waals surface area (Å²) in [6.45, 7) is 0.871. The van der Waals surface area contributed by atoms with Gasteiger partial charge in [0.25, 0.3) is 0 Å². The Labute approximate surface area is 134 Å². The molecule has 1 aromatic rings. The molecular formula is C14H23N5O4. The normalized spacial score (nSPS) is 30.6. The van der Waals surface area contributed by atoms with Crippen LogP contribution in [0.5, 0.6) is 0 Å². The molecule has 4 N–H and O–H groups in total. The Hall–Kier alpha value is -1.55. The molecule has 1 saturated heterocycles. The van der Waals surface area contributed by atoms with E-state index in [0.29, 0.717) is 6.54 Å². The number of amides is 1. The fourth-order valence-corrected chi connectivity index (χ4v) is 2.72. The highest BCUT2D eigenvalue weighted by Gasteiger charge is 2.43. The monoisotopic (exact) mass is 325 g/mol. The zero-order valence-electron chi connectivity index (χ0n) is 13.1. The minimum Gasteiger partial charge on any atom is -0.388 e. The predicted molar refractivity (Wildman–Crippen MR) is 79.2 cm³/mol. The summed E-state index contributed by atoms with van der Waals surface area (Å²) in [5, 5.41) is 34.0. The van der Waals surface area contributed by atoms with Crippen molar-refractivity contribution < 1.29 is 19.7 Å². The van der Waals surface area contributed by atoms with Crippen LogP contribution in [0.1, 0.15) is 25.0 Å². The average Bonchev–Trinajstić information content (AvgIpc) is 3.15. The molecule has 1 saturated carbocycles. The summed E-state index contributed by atoms with van der Waals surface area (Å²) in [5.41, 5.74) is 0.779. The summed E-state index contributed by atoms with van der Waals surface area (Å²) in [6, 6.07) is 0.266. The Morgan fingerprint density at radius 1 is 1.39 bits per heavy atom. The van der Waals surface area contributed by atoms with Gasteiger partial charge in [0.1, 0.15) is 18.3 Å². The molecule has 128 valence electrons. The van der Waals surface area contributed by atoms with Crippen molar-refractivity contribution >= 4 is 5.91 Å². The van der Waals surface area contributed by atoms with Crippen LogP contribution in [0.2, 0.25) is 0 Å². The van der Waals surface area contributed by atoms with Crippen molar-refractivity contribution in [2.45, 2.75) is 62.8 Å². The van der Waals surface area contributed by atoms with Crippen LogP contribution in [0.15, 0.2) is 6.20 Å². The second-order valence-electron chi connectivity index (χ2n) is 6.20. The van der Waals surface area contributed by atoms with Gasteiger partial charge in [-0.1, -0.05) is 5.21 Å². The van der Waals surface area contributed by atoms with Crippen molar-refractivity contribution in [1.29, 1.82) is 0 Å². The van der Waals surface area contributed by atoms with Gasteiger partial charge in [-0.05, 0) is 19.9 Å². The molecule has 0 spiro atoms. The summed E-state index contributed by atoms with van der Waals surface area (Å²) in [5.74, 6) is -0.151. The summed E-state index contributed by atoms with van der Waals surface area (Å²) in [7, 11) is 1.82. The van der Waals surface area contributed by atoms with Crippen molar-refractivity contribution in [3.63, 3.8) is 0 Å². The van der Waals surface area contributed by atoms with E-state index in [4.69, 9.17) is 4.74 Å². The number of ether oxygens (including phenoxy) is 1. The maximum Gasteiger partial charge on any atom is 0.222 e. The lowest BCUT2D eigenvalue weighted by Gasteiger charge is -2.14. The Morgan fingerprint density at radius 3 is 2.83 bits per heavy atom. The number of aromatic nitrogens is 3. The van der Waals surface area contributed by atoms with Gasteiger partial charge >= 0.3 is 0 Å². The number of aliphatic hydroxyl groups is 2. The maximum absolute atomic E-state index is 11.8. The highest BCUT2D eigenvalue weighted by molar-refractivity contribution is 5.77. The van der Waals surface area contributed by atoms with Gasteiger partial charge in [0, 0.05) is 18.8 Å². The van der Waals surface area contributed by atoms with Crippen LogP contribution in [-0.4, -0.2) is 68.6 Å². The lowest BCUT2D eigenvalue weighted by Crippen LogP contribution is -2.36. The molecule has 9 nitrogen and oxygen atoms in total. The Bertz CT molecular complexity index is 547. The molecule has 9 heteroatoms. The van der Waals surface area contributed by atoms with Crippen molar-refractivity contribution in [2.24, 2.45) is 0 Å². The van der Waals surface area contributed by atoms with E-state index < -0.39 is 24.4 Å². The highest BCUT2D eigenvalue weighted by Crippen LogP contribution is 2.25. The third kappa shape index (κ3) is 4.05. The molecule has 0 bridgehead atoms. The summed E-state index contributed by atoms with van der Waals surface area (Å²) >= 11 is 0. The largest absolute Gasteiger partial charge is 0.388 e. The highest BCUT2D eigenvalue weighted by atomic mass is 16.5. The molecule has 1 aliphatic heterocycles. The minimum atomic E-state index is -1.08. The standard InChI is InChI=1S/C14H23N5O4/c1-15-5-9-6-19(18-17-9)7-11-14(22)13(21)10(23-11)4-12(20)16-8-2-3-8/h6,8,10-11,13-15,21-22H,2-5,7H2,1H3,(H,16,20). The number of nitrogens with zero attached hydrogens (tertiary/aromatic N) is 3. The van der Waals surface area contributed by atoms with Gasteiger partial charge in [-0.2, -0.15) is 0 Å². The lowest BCUT2D eigenvalue weighted by atomic mass is 10.1. The van der Waals surface area contributed by atoms with E-state index in [9.17, 15) is 15.0 Å². The van der Waals surface area contributed by atoms with Crippen molar-refractivity contribution in [3.05, 3.63) is 11.9 Å². The van der Waals surface area contributed by atoms with Gasteiger partial charge < -0.3 is 25.6 Å². The molecular weight excluding hydrogens is 302 g/mol. The second kappa shape index (κ2) is 6.91. The predicted octanol–water partition coefficient (Wildman–Crippen LogP) is -1.84.